The van der Waals surface area contributed by atoms with E-state index in [1.165, 1.54) is 6.42 Å². The summed E-state index contributed by atoms with van der Waals surface area (Å²) >= 11 is 0. The van der Waals surface area contributed by atoms with Crippen molar-refractivity contribution in [3.63, 3.8) is 0 Å². The Balaban J connectivity index is -0.0000000257. The average molecular weight is 268 g/mol. The van der Waals surface area contributed by atoms with Gasteiger partial charge in [-0.15, -0.1) is 18.3 Å². The van der Waals surface area contributed by atoms with Crippen LogP contribution in [-0.4, -0.2) is 35.7 Å². The average Bonchev–Trinajstić information content (AvgIpc) is 2.00. The summed E-state index contributed by atoms with van der Waals surface area (Å²) in [7, 11) is 0. The summed E-state index contributed by atoms with van der Waals surface area (Å²) in [6, 6.07) is 0. The van der Waals surface area contributed by atoms with Crippen molar-refractivity contribution in [3.8, 4) is 0 Å². The quantitative estimate of drug-likeness (QED) is 0.390. The molecular weight excluding hydrogens is 238 g/mol. The van der Waals surface area contributed by atoms with Crippen molar-refractivity contribution < 1.29 is 34.2 Å². The molecule has 0 aromatic carbocycles. The summed E-state index contributed by atoms with van der Waals surface area (Å²) in [6.45, 7) is 15.4. The van der Waals surface area contributed by atoms with Crippen molar-refractivity contribution in [2.24, 2.45) is 0 Å². The van der Waals surface area contributed by atoms with Gasteiger partial charge in [-0.25, -0.2) is 0 Å². The van der Waals surface area contributed by atoms with Crippen LogP contribution in [0.5, 0.6) is 0 Å². The molecule has 0 aliphatic rings. The van der Waals surface area contributed by atoms with Gasteiger partial charge in [0.2, 0.25) is 0 Å². The zero-order chi connectivity index (χ0) is 14.1. The largest absolute Gasteiger partial charge is 3.00 e. The van der Waals surface area contributed by atoms with E-state index in [9.17, 15) is 15.3 Å². The standard InChI is InChI=1S/C4H9.3C3H7O.Al.Li/c1-3-4-2;3*1-3(2)4;;/h1,3-4H2,2H3;3*3H,1-2H3;;/q4*-1;+3;+1. The second kappa shape index (κ2) is 36.1. The maximum atomic E-state index is 9.53. The molecule has 0 N–H and O–H groups in total. The number of hydrogen-bond acceptors (Lipinski definition) is 3. The molecule has 3 nitrogen and oxygen atoms in total. The Hall–Kier alpha value is 1.01. The molecule has 0 bridgehead atoms. The van der Waals surface area contributed by atoms with Crippen molar-refractivity contribution in [3.05, 3.63) is 6.92 Å². The Bertz CT molecular complexity index is 67.8. The zero-order valence-electron chi connectivity index (χ0n) is 13.7. The van der Waals surface area contributed by atoms with E-state index in [0.29, 0.717) is 0 Å². The van der Waals surface area contributed by atoms with Crippen molar-refractivity contribution in [2.75, 3.05) is 0 Å². The van der Waals surface area contributed by atoms with Crippen LogP contribution < -0.4 is 34.2 Å². The van der Waals surface area contributed by atoms with E-state index < -0.39 is 18.3 Å². The molecule has 104 valence electrons. The van der Waals surface area contributed by atoms with Gasteiger partial charge in [0.05, 0.1) is 0 Å². The normalized spacial score (nSPS) is 7.67. The van der Waals surface area contributed by atoms with E-state index in [2.05, 4.69) is 13.8 Å². The third-order valence-corrected chi connectivity index (χ3v) is 0.354. The fourth-order valence-electron chi connectivity index (χ4n) is 0. The molecule has 0 aliphatic heterocycles. The van der Waals surface area contributed by atoms with Crippen molar-refractivity contribution in [1.82, 2.24) is 0 Å². The van der Waals surface area contributed by atoms with Crippen LogP contribution in [-0.2, 0) is 0 Å². The summed E-state index contributed by atoms with van der Waals surface area (Å²) in [5.41, 5.74) is 0. The molecule has 0 radical (unpaired) electrons. The van der Waals surface area contributed by atoms with Crippen LogP contribution in [0, 0.1) is 6.92 Å². The predicted molar refractivity (Wildman–Crippen MR) is 71.4 cm³/mol. The molecule has 0 spiro atoms. The van der Waals surface area contributed by atoms with Crippen LogP contribution in [0.3, 0.4) is 0 Å². The molecular formula is C13H30AlLiO3. The van der Waals surface area contributed by atoms with Gasteiger partial charge in [0.1, 0.15) is 0 Å². The molecule has 0 amide bonds. The molecule has 0 aliphatic carbocycles. The molecule has 0 atom stereocenters. The molecule has 5 heteroatoms. The molecule has 0 heterocycles. The van der Waals surface area contributed by atoms with Gasteiger partial charge in [-0.1, -0.05) is 54.9 Å². The van der Waals surface area contributed by atoms with E-state index >= 15 is 0 Å². The van der Waals surface area contributed by atoms with Crippen molar-refractivity contribution in [2.45, 2.75) is 79.6 Å². The summed E-state index contributed by atoms with van der Waals surface area (Å²) in [5.74, 6) is 0. The molecule has 0 rings (SSSR count). The first-order chi connectivity index (χ1) is 7.11. The van der Waals surface area contributed by atoms with E-state index in [1.54, 1.807) is 41.5 Å². The fraction of sp³-hybridized carbons (Fsp3) is 0.923. The van der Waals surface area contributed by atoms with Gasteiger partial charge in [0.25, 0.3) is 0 Å². The second-order valence-electron chi connectivity index (χ2n) is 4.00. The fourth-order valence-corrected chi connectivity index (χ4v) is 0. The third kappa shape index (κ3) is 1080. The monoisotopic (exact) mass is 268 g/mol. The molecule has 0 saturated carbocycles. The Morgan fingerprint density at radius 1 is 0.778 bits per heavy atom. The van der Waals surface area contributed by atoms with Gasteiger partial charge in [-0.05, 0) is 0 Å². The molecule has 0 fully saturated rings. The van der Waals surface area contributed by atoms with Crippen LogP contribution >= 0.6 is 0 Å². The molecule has 18 heavy (non-hydrogen) atoms. The smallest absolute Gasteiger partial charge is 0.852 e. The minimum Gasteiger partial charge on any atom is -0.852 e. The van der Waals surface area contributed by atoms with Gasteiger partial charge >= 0.3 is 36.2 Å². The molecule has 0 aromatic rings. The number of rotatable bonds is 1. The van der Waals surface area contributed by atoms with Gasteiger partial charge in [-0.3, -0.25) is 0 Å². The van der Waals surface area contributed by atoms with Crippen molar-refractivity contribution >= 4 is 17.4 Å². The number of hydrogen-bond donors (Lipinski definition) is 0. The Morgan fingerprint density at radius 2 is 0.833 bits per heavy atom. The summed E-state index contributed by atoms with van der Waals surface area (Å²) < 4.78 is 0. The first kappa shape index (κ1) is 36.4. The van der Waals surface area contributed by atoms with Gasteiger partial charge in [0.15, 0.2) is 0 Å². The van der Waals surface area contributed by atoms with Crippen LogP contribution in [0.1, 0.15) is 61.3 Å². The second-order valence-corrected chi connectivity index (χ2v) is 4.00. The summed E-state index contributed by atoms with van der Waals surface area (Å²) in [5, 5.41) is 28.6. The van der Waals surface area contributed by atoms with E-state index in [4.69, 9.17) is 0 Å². The van der Waals surface area contributed by atoms with E-state index in [-0.39, 0.29) is 36.2 Å². The van der Waals surface area contributed by atoms with Crippen LogP contribution in [0.15, 0.2) is 0 Å². The first-order valence-corrected chi connectivity index (χ1v) is 5.88. The van der Waals surface area contributed by atoms with Crippen molar-refractivity contribution in [1.29, 1.82) is 0 Å². The van der Waals surface area contributed by atoms with Gasteiger partial charge in [-0.2, -0.15) is 6.42 Å². The Morgan fingerprint density at radius 3 is 0.833 bits per heavy atom. The third-order valence-electron chi connectivity index (χ3n) is 0.354. The Labute approximate surface area is 138 Å². The minimum absolute atomic E-state index is 0. The zero-order valence-corrected chi connectivity index (χ0v) is 14.8. The SMILES string of the molecule is CC(C)[O-].CC(C)[O-].CC(C)[O-].[Al+3].[CH2-]CCC.[Li+]. The minimum atomic E-state index is -0.417. The maximum Gasteiger partial charge on any atom is 3.00 e. The van der Waals surface area contributed by atoms with E-state index in [0.717, 1.165) is 6.42 Å². The van der Waals surface area contributed by atoms with Gasteiger partial charge < -0.3 is 22.2 Å². The number of unbranched alkanes of at least 4 members (excludes halogenated alkanes) is 1. The summed E-state index contributed by atoms with van der Waals surface area (Å²) in [4.78, 5) is 0. The molecule has 0 saturated heterocycles. The van der Waals surface area contributed by atoms with Crippen LogP contribution in [0.4, 0.5) is 0 Å². The predicted octanol–water partition coefficient (Wildman–Crippen LogP) is -2.49. The van der Waals surface area contributed by atoms with Crippen LogP contribution in [0.25, 0.3) is 0 Å². The van der Waals surface area contributed by atoms with Crippen LogP contribution in [0.2, 0.25) is 0 Å². The Kier molecular flexibility index (Phi) is 73.1. The van der Waals surface area contributed by atoms with E-state index in [1.807, 2.05) is 0 Å². The topological polar surface area (TPSA) is 69.2 Å². The first-order valence-electron chi connectivity index (χ1n) is 5.88. The maximum absolute atomic E-state index is 9.53. The molecule has 0 aromatic heterocycles. The molecule has 0 unspecified atom stereocenters. The van der Waals surface area contributed by atoms with Gasteiger partial charge in [0, 0.05) is 0 Å². The summed E-state index contributed by atoms with van der Waals surface area (Å²) in [6.07, 6.45) is 1.03.